The van der Waals surface area contributed by atoms with E-state index in [0.29, 0.717) is 11.5 Å². The Morgan fingerprint density at radius 2 is 1.57 bits per heavy atom. The van der Waals surface area contributed by atoms with Crippen molar-refractivity contribution < 1.29 is 25.8 Å². The molecule has 0 bridgehead atoms. The summed E-state index contributed by atoms with van der Waals surface area (Å²) in [5.74, 6) is 2.09. The standard InChI is InChI=1S/C41H38N4O.Pt/c1-6-35-40(29-13-8-7-9-14-29)37(21-23-41(3,4)5)45(43-35)30-15-12-16-31(26-30)46-32-19-20-34-33-17-10-11-18-36(33)44(38(34)27-32)39-25-28(2)22-24-42-39;/h7-20,22,24-25H,6,21,23H2,1-5H3;/q-2;+2. The number of fused-ring (bicyclic) bond motifs is 3. The van der Waals surface area contributed by atoms with Gasteiger partial charge < -0.3 is 9.30 Å². The molecule has 4 aromatic carbocycles. The van der Waals surface area contributed by atoms with Gasteiger partial charge in [-0.05, 0) is 72.0 Å². The van der Waals surface area contributed by atoms with Crippen LogP contribution >= 0.6 is 0 Å². The zero-order valence-corrected chi connectivity index (χ0v) is 29.7. The summed E-state index contributed by atoms with van der Waals surface area (Å²) in [4.78, 5) is 4.70. The molecular formula is C41H38N4OPt. The van der Waals surface area contributed by atoms with Crippen LogP contribution in [-0.4, -0.2) is 19.3 Å². The molecule has 5 nitrogen and oxygen atoms in total. The van der Waals surface area contributed by atoms with Gasteiger partial charge >= 0.3 is 21.1 Å². The van der Waals surface area contributed by atoms with Crippen LogP contribution in [0.25, 0.3) is 44.4 Å². The summed E-state index contributed by atoms with van der Waals surface area (Å²) in [5.41, 5.74) is 8.92. The van der Waals surface area contributed by atoms with Gasteiger partial charge in [0.05, 0.1) is 5.69 Å². The van der Waals surface area contributed by atoms with Crippen molar-refractivity contribution in [3.05, 3.63) is 132 Å². The molecule has 0 saturated heterocycles. The van der Waals surface area contributed by atoms with Crippen LogP contribution in [0.4, 0.5) is 0 Å². The SMILES string of the molecule is CCc1nn(-c2[c-]c(Oc3[c-]c4c(cc3)c3ccccc3n4-c3cc(C)ccn3)ccc2)c(CCC(C)(C)C)c1-c1ccccc1.[Pt+2]. The van der Waals surface area contributed by atoms with E-state index in [4.69, 9.17) is 14.8 Å². The van der Waals surface area contributed by atoms with Crippen LogP contribution in [0.5, 0.6) is 11.5 Å². The molecule has 6 heteroatoms. The predicted octanol–water partition coefficient (Wildman–Crippen LogP) is 10.3. The van der Waals surface area contributed by atoms with Crippen LogP contribution in [0.2, 0.25) is 0 Å². The van der Waals surface area contributed by atoms with Crippen LogP contribution in [0.1, 0.15) is 51.1 Å². The normalized spacial score (nSPS) is 11.6. The van der Waals surface area contributed by atoms with Crippen molar-refractivity contribution in [3.8, 4) is 34.1 Å². The molecule has 0 fully saturated rings. The Bertz CT molecular complexity index is 2170. The molecule has 47 heavy (non-hydrogen) atoms. The van der Waals surface area contributed by atoms with Crippen LogP contribution in [0, 0.1) is 24.5 Å². The van der Waals surface area contributed by atoms with Crippen molar-refractivity contribution in [2.45, 2.75) is 53.9 Å². The van der Waals surface area contributed by atoms with E-state index in [-0.39, 0.29) is 26.5 Å². The first-order valence-corrected chi connectivity index (χ1v) is 16.0. The summed E-state index contributed by atoms with van der Waals surface area (Å²) >= 11 is 0. The van der Waals surface area contributed by atoms with Crippen molar-refractivity contribution in [2.24, 2.45) is 5.41 Å². The van der Waals surface area contributed by atoms with E-state index < -0.39 is 0 Å². The third-order valence-corrected chi connectivity index (χ3v) is 8.45. The number of benzene rings is 4. The van der Waals surface area contributed by atoms with Gasteiger partial charge in [0.25, 0.3) is 0 Å². The van der Waals surface area contributed by atoms with Gasteiger partial charge in [-0.15, -0.1) is 35.7 Å². The summed E-state index contributed by atoms with van der Waals surface area (Å²) in [6.07, 6.45) is 4.64. The molecule has 3 aromatic heterocycles. The molecule has 0 atom stereocenters. The molecule has 0 aliphatic carbocycles. The van der Waals surface area contributed by atoms with E-state index in [1.165, 1.54) is 16.8 Å². The third-order valence-electron chi connectivity index (χ3n) is 8.45. The molecule has 3 heterocycles. The number of rotatable bonds is 8. The van der Waals surface area contributed by atoms with Gasteiger partial charge in [-0.2, -0.15) is 17.2 Å². The molecule has 0 spiro atoms. The fourth-order valence-corrected chi connectivity index (χ4v) is 6.16. The molecule has 0 aliphatic rings. The Kier molecular flexibility index (Phi) is 9.21. The van der Waals surface area contributed by atoms with E-state index >= 15 is 0 Å². The molecule has 7 aromatic rings. The first kappa shape index (κ1) is 32.5. The van der Waals surface area contributed by atoms with Gasteiger partial charge in [-0.3, -0.25) is 4.68 Å². The van der Waals surface area contributed by atoms with E-state index in [9.17, 15) is 0 Å². The zero-order valence-electron chi connectivity index (χ0n) is 27.4. The topological polar surface area (TPSA) is 44.9 Å². The molecule has 0 saturated carbocycles. The quantitative estimate of drug-likeness (QED) is 0.144. The van der Waals surface area contributed by atoms with Gasteiger partial charge in [0.15, 0.2) is 0 Å². The van der Waals surface area contributed by atoms with E-state index in [1.54, 1.807) is 0 Å². The number of nitrogens with zero attached hydrogens (tertiary/aromatic N) is 4. The largest absolute Gasteiger partial charge is 2.00 e. The van der Waals surface area contributed by atoms with Crippen LogP contribution in [0.3, 0.4) is 0 Å². The Hall–Kier alpha value is -4.47. The monoisotopic (exact) mass is 797 g/mol. The third kappa shape index (κ3) is 6.55. The summed E-state index contributed by atoms with van der Waals surface area (Å²) in [7, 11) is 0. The number of hydrogen-bond acceptors (Lipinski definition) is 3. The number of ether oxygens (including phenoxy) is 1. The summed E-state index contributed by atoms with van der Waals surface area (Å²) in [5, 5.41) is 7.41. The van der Waals surface area contributed by atoms with Gasteiger partial charge in [-0.25, -0.2) is 4.98 Å². The van der Waals surface area contributed by atoms with E-state index in [1.807, 2.05) is 30.5 Å². The number of aromatic nitrogens is 4. The van der Waals surface area contributed by atoms with Gasteiger partial charge in [0, 0.05) is 34.5 Å². The Morgan fingerprint density at radius 1 is 0.809 bits per heavy atom. The van der Waals surface area contributed by atoms with Crippen molar-refractivity contribution in [2.75, 3.05) is 0 Å². The summed E-state index contributed by atoms with van der Waals surface area (Å²) in [6.45, 7) is 11.1. The molecular weight excluding hydrogens is 760 g/mol. The van der Waals surface area contributed by atoms with Crippen LogP contribution < -0.4 is 4.74 Å². The molecule has 0 aliphatic heterocycles. The minimum absolute atomic E-state index is 0. The van der Waals surface area contributed by atoms with Crippen molar-refractivity contribution in [1.29, 1.82) is 0 Å². The van der Waals surface area contributed by atoms with Crippen LogP contribution in [0.15, 0.2) is 103 Å². The fraction of sp³-hybridized carbons (Fsp3) is 0.220. The minimum atomic E-state index is 0. The summed E-state index contributed by atoms with van der Waals surface area (Å²) in [6, 6.07) is 40.3. The minimum Gasteiger partial charge on any atom is -0.509 e. The average molecular weight is 798 g/mol. The van der Waals surface area contributed by atoms with Crippen LogP contribution in [-0.2, 0) is 33.9 Å². The molecule has 7 rings (SSSR count). The van der Waals surface area contributed by atoms with E-state index in [0.717, 1.165) is 63.8 Å². The van der Waals surface area contributed by atoms with Gasteiger partial charge in [0.1, 0.15) is 5.82 Å². The first-order valence-electron chi connectivity index (χ1n) is 16.0. The molecule has 0 N–H and O–H groups in total. The maximum absolute atomic E-state index is 6.48. The maximum Gasteiger partial charge on any atom is 2.00 e. The summed E-state index contributed by atoms with van der Waals surface area (Å²) < 4.78 is 10.7. The number of para-hydroxylation sites is 1. The molecule has 0 radical (unpaired) electrons. The van der Waals surface area contributed by atoms with Crippen molar-refractivity contribution >= 4 is 21.8 Å². The fourth-order valence-electron chi connectivity index (χ4n) is 6.16. The maximum atomic E-state index is 6.48. The van der Waals surface area contributed by atoms with E-state index in [2.05, 4.69) is 129 Å². The Labute approximate surface area is 291 Å². The Morgan fingerprint density at radius 3 is 2.34 bits per heavy atom. The second kappa shape index (κ2) is 13.3. The molecule has 238 valence electrons. The number of aryl methyl sites for hydroxylation is 2. The van der Waals surface area contributed by atoms with Crippen molar-refractivity contribution in [3.63, 3.8) is 0 Å². The second-order valence-electron chi connectivity index (χ2n) is 13.1. The number of hydrogen-bond donors (Lipinski definition) is 0. The molecule has 0 unspecified atom stereocenters. The van der Waals surface area contributed by atoms with Crippen molar-refractivity contribution in [1.82, 2.24) is 19.3 Å². The zero-order chi connectivity index (χ0) is 31.8. The van der Waals surface area contributed by atoms with Gasteiger partial charge in [-0.1, -0.05) is 81.7 Å². The first-order chi connectivity index (χ1) is 22.3. The second-order valence-corrected chi connectivity index (χ2v) is 13.1. The predicted molar refractivity (Wildman–Crippen MR) is 187 cm³/mol. The van der Waals surface area contributed by atoms with Gasteiger partial charge in [0.2, 0.25) is 0 Å². The number of pyridine rings is 1. The Balaban J connectivity index is 0.00000386. The smallest absolute Gasteiger partial charge is 0.509 e. The average Bonchev–Trinajstić information content (AvgIpc) is 3.59. The molecule has 0 amide bonds.